The number of carboxylic acids is 1. The van der Waals surface area contributed by atoms with Crippen LogP contribution in [0.3, 0.4) is 0 Å². The number of halogens is 1. The lowest BCUT2D eigenvalue weighted by molar-refractivity contribution is 0.0697. The summed E-state index contributed by atoms with van der Waals surface area (Å²) in [6, 6.07) is 5.04. The Morgan fingerprint density at radius 3 is 2.94 bits per heavy atom. The molecule has 1 N–H and O–H groups in total. The van der Waals surface area contributed by atoms with Crippen LogP contribution in [0.2, 0.25) is 5.02 Å². The number of thiazole rings is 1. The summed E-state index contributed by atoms with van der Waals surface area (Å²) in [5.74, 6) is -0.220. The van der Waals surface area contributed by atoms with Gasteiger partial charge in [0.05, 0.1) is 15.6 Å². The molecule has 0 saturated heterocycles. The molecule has 0 fully saturated rings. The molecule has 0 saturated carbocycles. The van der Waals surface area contributed by atoms with Crippen LogP contribution >= 0.6 is 34.7 Å². The van der Waals surface area contributed by atoms with Gasteiger partial charge in [-0.1, -0.05) is 11.6 Å². The van der Waals surface area contributed by atoms with Gasteiger partial charge < -0.3 is 5.11 Å². The van der Waals surface area contributed by atoms with Gasteiger partial charge >= 0.3 is 5.97 Å². The molecule has 1 aromatic heterocycles. The lowest BCUT2D eigenvalue weighted by atomic mass is 10.2. The molecule has 6 heteroatoms. The van der Waals surface area contributed by atoms with Crippen molar-refractivity contribution in [3.8, 4) is 0 Å². The zero-order valence-electron chi connectivity index (χ0n) is 9.51. The number of carbonyl (C=O) groups is 1. The van der Waals surface area contributed by atoms with Gasteiger partial charge in [-0.15, -0.1) is 23.1 Å². The first-order valence-electron chi connectivity index (χ1n) is 5.13. The Hall–Kier alpha value is -1.04. The van der Waals surface area contributed by atoms with Gasteiger partial charge in [0, 0.05) is 21.7 Å². The van der Waals surface area contributed by atoms with Crippen LogP contribution in [0.15, 0.2) is 29.3 Å². The van der Waals surface area contributed by atoms with E-state index in [0.29, 0.717) is 0 Å². The number of benzene rings is 1. The van der Waals surface area contributed by atoms with Crippen LogP contribution in [-0.2, 0) is 5.75 Å². The van der Waals surface area contributed by atoms with Gasteiger partial charge in [0.25, 0.3) is 0 Å². The molecule has 0 atom stereocenters. The van der Waals surface area contributed by atoms with Crippen molar-refractivity contribution < 1.29 is 9.90 Å². The molecule has 0 aliphatic rings. The second kappa shape index (κ2) is 5.73. The van der Waals surface area contributed by atoms with E-state index in [1.165, 1.54) is 4.88 Å². The number of rotatable bonds is 4. The number of aromatic nitrogens is 1. The summed E-state index contributed by atoms with van der Waals surface area (Å²) < 4.78 is 0. The molecule has 0 bridgehead atoms. The molecule has 0 spiro atoms. The fraction of sp³-hybridized carbons (Fsp3) is 0.167. The minimum absolute atomic E-state index is 0.141. The summed E-state index contributed by atoms with van der Waals surface area (Å²) in [5.41, 5.74) is 0.141. The van der Waals surface area contributed by atoms with Crippen LogP contribution in [0.5, 0.6) is 0 Å². The van der Waals surface area contributed by atoms with Crippen LogP contribution in [0, 0.1) is 6.92 Å². The van der Waals surface area contributed by atoms with E-state index in [4.69, 9.17) is 16.7 Å². The summed E-state index contributed by atoms with van der Waals surface area (Å²) in [4.78, 5) is 17.2. The lowest BCUT2D eigenvalue weighted by Gasteiger charge is -2.03. The van der Waals surface area contributed by atoms with Crippen molar-refractivity contribution in [2.45, 2.75) is 17.6 Å². The van der Waals surface area contributed by atoms with Gasteiger partial charge in [-0.3, -0.25) is 0 Å². The van der Waals surface area contributed by atoms with E-state index in [2.05, 4.69) is 4.98 Å². The smallest absolute Gasteiger partial charge is 0.337 e. The van der Waals surface area contributed by atoms with E-state index in [1.807, 2.05) is 19.2 Å². The number of aromatic carboxylic acids is 1. The fourth-order valence-electron chi connectivity index (χ4n) is 1.38. The first-order chi connectivity index (χ1) is 8.56. The molecule has 2 aromatic rings. The third-order valence-corrected chi connectivity index (χ3v) is 4.69. The minimum atomic E-state index is -1.00. The molecule has 0 radical (unpaired) electrons. The average Bonchev–Trinajstić information content (AvgIpc) is 2.74. The van der Waals surface area contributed by atoms with Crippen molar-refractivity contribution >= 4 is 40.7 Å². The van der Waals surface area contributed by atoms with Crippen LogP contribution in [-0.4, -0.2) is 16.1 Å². The van der Waals surface area contributed by atoms with Crippen molar-refractivity contribution in [3.05, 3.63) is 44.9 Å². The number of hydrogen-bond acceptors (Lipinski definition) is 4. The van der Waals surface area contributed by atoms with Crippen LogP contribution < -0.4 is 0 Å². The third kappa shape index (κ3) is 3.25. The number of hydrogen-bond donors (Lipinski definition) is 1. The lowest BCUT2D eigenvalue weighted by Crippen LogP contribution is -1.97. The zero-order valence-corrected chi connectivity index (χ0v) is 11.9. The SMILES string of the molecule is Cc1ncc(CSc2ccc(Cl)c(C(=O)O)c2)s1. The summed E-state index contributed by atoms with van der Waals surface area (Å²) in [7, 11) is 0. The molecule has 0 aliphatic heterocycles. The molecule has 0 unspecified atom stereocenters. The van der Waals surface area contributed by atoms with Crippen molar-refractivity contribution in [1.82, 2.24) is 4.98 Å². The van der Waals surface area contributed by atoms with Gasteiger partial charge in [0.1, 0.15) is 0 Å². The third-order valence-electron chi connectivity index (χ3n) is 2.22. The van der Waals surface area contributed by atoms with Crippen molar-refractivity contribution in [2.24, 2.45) is 0 Å². The Balaban J connectivity index is 2.10. The van der Waals surface area contributed by atoms with Gasteiger partial charge in [0.15, 0.2) is 0 Å². The number of aryl methyl sites for hydroxylation is 1. The van der Waals surface area contributed by atoms with E-state index >= 15 is 0 Å². The molecule has 1 aromatic carbocycles. The summed E-state index contributed by atoms with van der Waals surface area (Å²) in [6.45, 7) is 1.96. The average molecular weight is 300 g/mol. The van der Waals surface area contributed by atoms with E-state index in [9.17, 15) is 4.79 Å². The van der Waals surface area contributed by atoms with Crippen LogP contribution in [0.25, 0.3) is 0 Å². The topological polar surface area (TPSA) is 50.2 Å². The normalized spacial score (nSPS) is 10.6. The van der Waals surface area contributed by atoms with Crippen LogP contribution in [0.1, 0.15) is 20.2 Å². The fourth-order valence-corrected chi connectivity index (χ4v) is 3.33. The summed E-state index contributed by atoms with van der Waals surface area (Å²) >= 11 is 9.04. The Bertz CT molecular complexity index is 583. The summed E-state index contributed by atoms with van der Waals surface area (Å²) in [6.07, 6.45) is 1.85. The molecule has 1 heterocycles. The molecule has 0 amide bonds. The zero-order chi connectivity index (χ0) is 13.1. The first-order valence-corrected chi connectivity index (χ1v) is 7.31. The molecular formula is C12H10ClNO2S2. The van der Waals surface area contributed by atoms with Crippen molar-refractivity contribution in [1.29, 1.82) is 0 Å². The molecule has 0 aliphatic carbocycles. The van der Waals surface area contributed by atoms with Crippen molar-refractivity contribution in [3.63, 3.8) is 0 Å². The monoisotopic (exact) mass is 299 g/mol. The molecule has 18 heavy (non-hydrogen) atoms. The largest absolute Gasteiger partial charge is 0.478 e. The maximum atomic E-state index is 10.9. The van der Waals surface area contributed by atoms with Gasteiger partial charge in [-0.2, -0.15) is 0 Å². The molecular weight excluding hydrogens is 290 g/mol. The predicted molar refractivity (Wildman–Crippen MR) is 74.8 cm³/mol. The van der Waals surface area contributed by atoms with E-state index in [0.717, 1.165) is 15.7 Å². The highest BCUT2D eigenvalue weighted by Crippen LogP contribution is 2.28. The van der Waals surface area contributed by atoms with E-state index < -0.39 is 5.97 Å². The number of carboxylic acid groups (broad SMARTS) is 1. The second-order valence-electron chi connectivity index (χ2n) is 3.58. The highest BCUT2D eigenvalue weighted by atomic mass is 35.5. The highest BCUT2D eigenvalue weighted by molar-refractivity contribution is 7.98. The minimum Gasteiger partial charge on any atom is -0.478 e. The Morgan fingerprint density at radius 2 is 2.33 bits per heavy atom. The maximum Gasteiger partial charge on any atom is 0.337 e. The second-order valence-corrected chi connectivity index (χ2v) is 6.36. The van der Waals surface area contributed by atoms with Crippen LogP contribution in [0.4, 0.5) is 0 Å². The highest BCUT2D eigenvalue weighted by Gasteiger charge is 2.10. The van der Waals surface area contributed by atoms with Gasteiger partial charge in [-0.25, -0.2) is 9.78 Å². The molecule has 94 valence electrons. The van der Waals surface area contributed by atoms with Crippen molar-refractivity contribution in [2.75, 3.05) is 0 Å². The van der Waals surface area contributed by atoms with Gasteiger partial charge in [0.2, 0.25) is 0 Å². The first kappa shape index (κ1) is 13.4. The Kier molecular flexibility index (Phi) is 4.27. The number of nitrogens with zero attached hydrogens (tertiary/aromatic N) is 1. The maximum absolute atomic E-state index is 10.9. The Labute approximate surface area is 118 Å². The quantitative estimate of drug-likeness (QED) is 0.864. The molecule has 3 nitrogen and oxygen atoms in total. The van der Waals surface area contributed by atoms with E-state index in [1.54, 1.807) is 35.2 Å². The van der Waals surface area contributed by atoms with E-state index in [-0.39, 0.29) is 10.6 Å². The predicted octanol–water partition coefficient (Wildman–Crippen LogP) is 4.10. The standard InChI is InChI=1S/C12H10ClNO2S2/c1-7-14-5-9(18-7)6-17-8-2-3-11(13)10(4-8)12(15)16/h2-5H,6H2,1H3,(H,15,16). The van der Waals surface area contributed by atoms with Gasteiger partial charge in [-0.05, 0) is 25.1 Å². The Morgan fingerprint density at radius 1 is 1.56 bits per heavy atom. The number of thioether (sulfide) groups is 1. The summed E-state index contributed by atoms with van der Waals surface area (Å²) in [5, 5.41) is 10.3. The molecule has 2 rings (SSSR count).